The van der Waals surface area contributed by atoms with Crippen molar-refractivity contribution in [3.8, 4) is 5.75 Å². The topological polar surface area (TPSA) is 52.9 Å². The maximum atomic E-state index is 13.1. The molecule has 1 amide bonds. The van der Waals surface area contributed by atoms with Gasteiger partial charge in [0.2, 0.25) is 0 Å². The number of nitrogens with zero attached hydrogens (tertiary/aromatic N) is 2. The number of carbonyl (C=O) groups is 1. The summed E-state index contributed by atoms with van der Waals surface area (Å²) < 4.78 is 39.4. The van der Waals surface area contributed by atoms with Crippen LogP contribution in [0.4, 0.5) is 18.9 Å². The van der Waals surface area contributed by atoms with Crippen molar-refractivity contribution in [3.05, 3.63) is 64.2 Å². The molecular formula is C26H29F3N2O2. The number of hydrogen-bond donors (Lipinski definition) is 1. The van der Waals surface area contributed by atoms with Gasteiger partial charge >= 0.3 is 6.18 Å². The summed E-state index contributed by atoms with van der Waals surface area (Å²) in [6.45, 7) is 13.6. The van der Waals surface area contributed by atoms with Gasteiger partial charge in [-0.1, -0.05) is 47.6 Å². The number of hydrogen-bond acceptors (Lipinski definition) is 3. The van der Waals surface area contributed by atoms with Gasteiger partial charge in [-0.25, -0.2) is 0 Å². The maximum Gasteiger partial charge on any atom is 0.416 e. The van der Waals surface area contributed by atoms with Crippen molar-refractivity contribution < 1.29 is 23.1 Å². The fourth-order valence-corrected chi connectivity index (χ4v) is 3.72. The van der Waals surface area contributed by atoms with Crippen molar-refractivity contribution in [2.24, 2.45) is 5.10 Å². The third-order valence-electron chi connectivity index (χ3n) is 5.54. The lowest BCUT2D eigenvalue weighted by molar-refractivity contribution is -0.137. The molecule has 0 radical (unpaired) electrons. The van der Waals surface area contributed by atoms with Gasteiger partial charge in [-0.15, -0.1) is 0 Å². The highest BCUT2D eigenvalue weighted by molar-refractivity contribution is 6.32. The van der Waals surface area contributed by atoms with E-state index in [1.165, 1.54) is 12.1 Å². The monoisotopic (exact) mass is 458 g/mol. The van der Waals surface area contributed by atoms with Crippen molar-refractivity contribution in [2.75, 3.05) is 5.01 Å². The Morgan fingerprint density at radius 2 is 1.48 bits per heavy atom. The summed E-state index contributed by atoms with van der Waals surface area (Å²) in [5.74, 6) is -0.277. The van der Waals surface area contributed by atoms with E-state index in [4.69, 9.17) is 0 Å². The second-order valence-electron chi connectivity index (χ2n) is 10.4. The first-order valence-electron chi connectivity index (χ1n) is 10.7. The molecule has 0 bridgehead atoms. The summed E-state index contributed by atoms with van der Waals surface area (Å²) in [6.07, 6.45) is -2.84. The molecule has 1 aliphatic rings. The minimum Gasteiger partial charge on any atom is -0.507 e. The second kappa shape index (κ2) is 8.04. The highest BCUT2D eigenvalue weighted by Crippen LogP contribution is 2.40. The van der Waals surface area contributed by atoms with E-state index in [0.29, 0.717) is 11.3 Å². The fourth-order valence-electron chi connectivity index (χ4n) is 3.72. The van der Waals surface area contributed by atoms with E-state index in [9.17, 15) is 23.1 Å². The van der Waals surface area contributed by atoms with Crippen molar-refractivity contribution in [2.45, 2.75) is 65.5 Å². The highest BCUT2D eigenvalue weighted by Gasteiger charge is 2.34. The summed E-state index contributed by atoms with van der Waals surface area (Å²) in [7, 11) is 0. The largest absolute Gasteiger partial charge is 0.507 e. The average molecular weight is 459 g/mol. The van der Waals surface area contributed by atoms with E-state index in [1.54, 1.807) is 13.0 Å². The zero-order chi connectivity index (χ0) is 24.9. The number of hydrazone groups is 1. The molecule has 1 aliphatic heterocycles. The minimum atomic E-state index is -4.52. The van der Waals surface area contributed by atoms with Crippen molar-refractivity contribution >= 4 is 23.4 Å². The molecule has 1 N–H and O–H groups in total. The van der Waals surface area contributed by atoms with Crippen LogP contribution in [0.5, 0.6) is 5.75 Å². The van der Waals surface area contributed by atoms with Gasteiger partial charge in [0.15, 0.2) is 0 Å². The number of anilines is 1. The summed E-state index contributed by atoms with van der Waals surface area (Å²) in [5.41, 5.74) is 1.42. The Balaban J connectivity index is 2.09. The van der Waals surface area contributed by atoms with Crippen LogP contribution in [-0.2, 0) is 21.8 Å². The molecule has 0 unspecified atom stereocenters. The Bertz CT molecular complexity index is 1130. The minimum absolute atomic E-state index is 0.0500. The molecule has 0 aromatic heterocycles. The number of halogens is 3. The van der Waals surface area contributed by atoms with E-state index in [0.717, 1.165) is 28.3 Å². The molecule has 0 fully saturated rings. The zero-order valence-electron chi connectivity index (χ0n) is 19.9. The summed E-state index contributed by atoms with van der Waals surface area (Å²) in [4.78, 5) is 13.1. The zero-order valence-corrected chi connectivity index (χ0v) is 19.9. The maximum absolute atomic E-state index is 13.1. The van der Waals surface area contributed by atoms with Crippen LogP contribution in [0.25, 0.3) is 6.08 Å². The Morgan fingerprint density at radius 1 is 0.939 bits per heavy atom. The van der Waals surface area contributed by atoms with Gasteiger partial charge in [0.05, 0.1) is 22.5 Å². The third kappa shape index (κ3) is 4.97. The Morgan fingerprint density at radius 3 is 1.97 bits per heavy atom. The van der Waals surface area contributed by atoms with Crippen molar-refractivity contribution in [3.63, 3.8) is 0 Å². The molecule has 4 nitrogen and oxygen atoms in total. The molecule has 3 rings (SSSR count). The lowest BCUT2D eigenvalue weighted by Gasteiger charge is -2.28. The lowest BCUT2D eigenvalue weighted by atomic mass is 9.78. The first-order valence-corrected chi connectivity index (χ1v) is 10.7. The van der Waals surface area contributed by atoms with Crippen LogP contribution in [0.3, 0.4) is 0 Å². The summed E-state index contributed by atoms with van der Waals surface area (Å²) >= 11 is 0. The van der Waals surface area contributed by atoms with Gasteiger partial charge in [-0.2, -0.15) is 23.3 Å². The number of rotatable bonds is 2. The lowest BCUT2D eigenvalue weighted by Crippen LogP contribution is -2.22. The molecule has 0 aliphatic carbocycles. The van der Waals surface area contributed by atoms with E-state index in [1.807, 2.05) is 53.7 Å². The van der Waals surface area contributed by atoms with Crippen molar-refractivity contribution in [1.82, 2.24) is 0 Å². The van der Waals surface area contributed by atoms with Crippen molar-refractivity contribution in [1.29, 1.82) is 0 Å². The fraction of sp³-hybridized carbons (Fsp3) is 0.385. The predicted octanol–water partition coefficient (Wildman–Crippen LogP) is 6.81. The van der Waals surface area contributed by atoms with Gasteiger partial charge in [-0.05, 0) is 59.7 Å². The smallest absolute Gasteiger partial charge is 0.416 e. The van der Waals surface area contributed by atoms with E-state index in [2.05, 4.69) is 5.10 Å². The quantitative estimate of drug-likeness (QED) is 0.503. The first-order chi connectivity index (χ1) is 15.0. The Kier molecular flexibility index (Phi) is 5.98. The Hall–Kier alpha value is -3.09. The van der Waals surface area contributed by atoms with Gasteiger partial charge in [0.25, 0.3) is 5.91 Å². The number of benzene rings is 2. The summed E-state index contributed by atoms with van der Waals surface area (Å²) in [6, 6.07) is 8.21. The normalized spacial score (nSPS) is 16.5. The van der Waals surface area contributed by atoms with Gasteiger partial charge in [0.1, 0.15) is 5.75 Å². The molecule has 1 heterocycles. The second-order valence-corrected chi connectivity index (χ2v) is 10.4. The van der Waals surface area contributed by atoms with Gasteiger partial charge < -0.3 is 5.11 Å². The molecule has 0 saturated heterocycles. The van der Waals surface area contributed by atoms with Crippen LogP contribution in [0, 0.1) is 0 Å². The van der Waals surface area contributed by atoms with E-state index < -0.39 is 17.6 Å². The molecule has 0 spiro atoms. The van der Waals surface area contributed by atoms with Crippen LogP contribution < -0.4 is 5.01 Å². The molecule has 2 aromatic carbocycles. The number of aromatic hydroxyl groups is 1. The molecule has 0 saturated carbocycles. The first kappa shape index (κ1) is 24.6. The summed E-state index contributed by atoms with van der Waals surface area (Å²) in [5, 5.41) is 16.1. The van der Waals surface area contributed by atoms with Gasteiger partial charge in [0, 0.05) is 11.1 Å². The number of phenolic OH excluding ortho intramolecular Hbond substituents is 1. The van der Waals surface area contributed by atoms with Gasteiger partial charge in [-0.3, -0.25) is 4.79 Å². The molecule has 0 atom stereocenters. The van der Waals surface area contributed by atoms with Crippen LogP contribution in [0.1, 0.15) is 70.7 Å². The molecule has 176 valence electrons. The van der Waals surface area contributed by atoms with Crippen LogP contribution in [-0.4, -0.2) is 16.7 Å². The number of alkyl halides is 3. The molecular weight excluding hydrogens is 429 g/mol. The standard InChI is InChI=1S/C26H29F3N2O2/c1-15-19(23(33)31(30-15)18-10-8-9-17(14-18)26(27,28)29)11-16-12-20(24(2,3)4)22(32)21(13-16)25(5,6)7/h8-14,32H,1-7H3. The van der Waals surface area contributed by atoms with Crippen LogP contribution in [0.15, 0.2) is 47.1 Å². The SMILES string of the molecule is CC1=NN(c2cccc(C(F)(F)F)c2)C(=O)C1=Cc1cc(C(C)(C)C)c(O)c(C(C)(C)C)c1. The Labute approximate surface area is 192 Å². The number of amides is 1. The van der Waals surface area contributed by atoms with E-state index >= 15 is 0 Å². The molecule has 7 heteroatoms. The van der Waals surface area contributed by atoms with Crippen LogP contribution in [0.2, 0.25) is 0 Å². The number of carbonyl (C=O) groups excluding carboxylic acids is 1. The predicted molar refractivity (Wildman–Crippen MR) is 126 cm³/mol. The highest BCUT2D eigenvalue weighted by atomic mass is 19.4. The van der Waals surface area contributed by atoms with E-state index in [-0.39, 0.29) is 27.8 Å². The molecule has 33 heavy (non-hydrogen) atoms. The van der Waals surface area contributed by atoms with Crippen LogP contribution >= 0.6 is 0 Å². The molecule has 2 aromatic rings. The number of phenols is 1. The average Bonchev–Trinajstić information content (AvgIpc) is 2.95. The third-order valence-corrected chi connectivity index (χ3v) is 5.54.